The zero-order valence-corrected chi connectivity index (χ0v) is 12.6. The van der Waals surface area contributed by atoms with E-state index in [1.807, 2.05) is 35.7 Å². The molecule has 0 aliphatic rings. The number of pyridine rings is 1. The van der Waals surface area contributed by atoms with Crippen LogP contribution in [0.15, 0.2) is 47.3 Å². The van der Waals surface area contributed by atoms with E-state index in [-0.39, 0.29) is 5.91 Å². The molecule has 0 spiro atoms. The molecule has 5 nitrogen and oxygen atoms in total. The Kier molecular flexibility index (Phi) is 4.23. The first kappa shape index (κ1) is 13.7. The summed E-state index contributed by atoms with van der Waals surface area (Å²) in [5, 5.41) is 10.3. The van der Waals surface area contributed by atoms with Crippen molar-refractivity contribution in [3.8, 4) is 0 Å². The van der Waals surface area contributed by atoms with E-state index < -0.39 is 0 Å². The van der Waals surface area contributed by atoms with E-state index in [4.69, 9.17) is 0 Å². The lowest BCUT2D eigenvalue weighted by atomic mass is 10.4. The Bertz CT molecular complexity index is 710. The van der Waals surface area contributed by atoms with Gasteiger partial charge in [0.2, 0.25) is 0 Å². The van der Waals surface area contributed by atoms with Gasteiger partial charge in [-0.05, 0) is 23.6 Å². The summed E-state index contributed by atoms with van der Waals surface area (Å²) in [4.78, 5) is 21.5. The molecule has 2 N–H and O–H groups in total. The van der Waals surface area contributed by atoms with E-state index in [1.165, 1.54) is 11.3 Å². The van der Waals surface area contributed by atoms with E-state index in [9.17, 15) is 4.79 Å². The molecule has 0 bridgehead atoms. The number of carbonyl (C=O) groups excluding carboxylic acids is 1. The third kappa shape index (κ3) is 3.65. The number of thiazole rings is 1. The molecule has 7 heteroatoms. The number of carbonyl (C=O) groups is 1. The van der Waals surface area contributed by atoms with Crippen LogP contribution in [-0.4, -0.2) is 15.9 Å². The van der Waals surface area contributed by atoms with Crippen LogP contribution in [0.2, 0.25) is 0 Å². The van der Waals surface area contributed by atoms with Crippen molar-refractivity contribution in [3.63, 3.8) is 0 Å². The van der Waals surface area contributed by atoms with Crippen LogP contribution in [0, 0.1) is 0 Å². The monoisotopic (exact) mass is 316 g/mol. The van der Waals surface area contributed by atoms with Gasteiger partial charge < -0.3 is 10.6 Å². The zero-order chi connectivity index (χ0) is 14.5. The number of hydrogen-bond acceptors (Lipinski definition) is 6. The molecule has 0 aliphatic heterocycles. The number of thiophene rings is 1. The van der Waals surface area contributed by atoms with Gasteiger partial charge in [-0.1, -0.05) is 12.1 Å². The quantitative estimate of drug-likeness (QED) is 0.758. The molecule has 0 unspecified atom stereocenters. The Labute approximate surface area is 129 Å². The van der Waals surface area contributed by atoms with Gasteiger partial charge in [0.05, 0.1) is 6.54 Å². The number of nitrogens with zero attached hydrogens (tertiary/aromatic N) is 2. The average molecular weight is 316 g/mol. The van der Waals surface area contributed by atoms with Gasteiger partial charge in [-0.25, -0.2) is 9.97 Å². The summed E-state index contributed by atoms with van der Waals surface area (Å²) in [7, 11) is 0. The van der Waals surface area contributed by atoms with Crippen LogP contribution in [0.3, 0.4) is 0 Å². The molecule has 106 valence electrons. The van der Waals surface area contributed by atoms with Crippen molar-refractivity contribution in [1.29, 1.82) is 0 Å². The molecule has 3 aromatic heterocycles. The maximum absolute atomic E-state index is 12.0. The minimum Gasteiger partial charge on any atom is -0.346 e. The molecule has 0 aliphatic carbocycles. The van der Waals surface area contributed by atoms with Crippen molar-refractivity contribution in [2.24, 2.45) is 0 Å². The molecule has 0 fully saturated rings. The second-order valence-corrected chi connectivity index (χ2v) is 6.03. The van der Waals surface area contributed by atoms with E-state index in [2.05, 4.69) is 20.6 Å². The summed E-state index contributed by atoms with van der Waals surface area (Å²) >= 11 is 2.99. The van der Waals surface area contributed by atoms with Gasteiger partial charge in [-0.2, -0.15) is 0 Å². The van der Waals surface area contributed by atoms with Crippen LogP contribution in [0.5, 0.6) is 0 Å². The highest BCUT2D eigenvalue weighted by atomic mass is 32.1. The van der Waals surface area contributed by atoms with Crippen LogP contribution >= 0.6 is 22.7 Å². The first-order valence-electron chi connectivity index (χ1n) is 6.25. The van der Waals surface area contributed by atoms with Crippen LogP contribution in [-0.2, 0) is 6.54 Å². The predicted octanol–water partition coefficient (Wildman–Crippen LogP) is 3.27. The van der Waals surface area contributed by atoms with Gasteiger partial charge >= 0.3 is 0 Å². The summed E-state index contributed by atoms with van der Waals surface area (Å²) in [5.74, 6) is 0.533. The van der Waals surface area contributed by atoms with Gasteiger partial charge in [0.15, 0.2) is 5.13 Å². The van der Waals surface area contributed by atoms with Gasteiger partial charge in [0.25, 0.3) is 5.91 Å². The fourth-order valence-corrected chi connectivity index (χ4v) is 2.99. The normalized spacial score (nSPS) is 10.3. The van der Waals surface area contributed by atoms with Crippen molar-refractivity contribution >= 4 is 39.5 Å². The summed E-state index contributed by atoms with van der Waals surface area (Å²) in [6.45, 7) is 0.525. The number of anilines is 2. The number of nitrogens with one attached hydrogen (secondary N) is 2. The van der Waals surface area contributed by atoms with Crippen LogP contribution in [0.4, 0.5) is 10.9 Å². The predicted molar refractivity (Wildman–Crippen MR) is 85.1 cm³/mol. The largest absolute Gasteiger partial charge is 0.346 e. The maximum atomic E-state index is 12.0. The smallest absolute Gasteiger partial charge is 0.271 e. The zero-order valence-electron chi connectivity index (χ0n) is 10.9. The molecule has 0 saturated heterocycles. The van der Waals surface area contributed by atoms with Gasteiger partial charge in [0, 0.05) is 16.5 Å². The number of aromatic nitrogens is 2. The standard InChI is InChI=1S/C14H12N4OS2/c19-13(16-8-10-4-3-7-20-10)11-9-21-14(17-11)18-12-5-1-2-6-15-12/h1-7,9H,8H2,(H,16,19)(H,15,17,18). The maximum Gasteiger partial charge on any atom is 0.271 e. The topological polar surface area (TPSA) is 66.9 Å². The fourth-order valence-electron chi connectivity index (χ4n) is 1.65. The van der Waals surface area contributed by atoms with Gasteiger partial charge in [0.1, 0.15) is 11.5 Å². The Balaban J connectivity index is 1.60. The summed E-state index contributed by atoms with van der Waals surface area (Å²) in [6.07, 6.45) is 1.70. The third-order valence-corrected chi connectivity index (χ3v) is 4.27. The molecule has 21 heavy (non-hydrogen) atoms. The fraction of sp³-hybridized carbons (Fsp3) is 0.0714. The molecule has 3 heterocycles. The molecule has 0 radical (unpaired) electrons. The van der Waals surface area contributed by atoms with E-state index >= 15 is 0 Å². The number of hydrogen-bond donors (Lipinski definition) is 2. The van der Waals surface area contributed by atoms with Crippen LogP contribution in [0.25, 0.3) is 0 Å². The lowest BCUT2D eigenvalue weighted by Gasteiger charge is -2.01. The van der Waals surface area contributed by atoms with Crippen LogP contribution < -0.4 is 10.6 Å². The summed E-state index contributed by atoms with van der Waals surface area (Å²) in [6, 6.07) is 9.52. The average Bonchev–Trinajstić information content (AvgIpc) is 3.17. The first-order valence-corrected chi connectivity index (χ1v) is 8.01. The molecule has 0 saturated carbocycles. The summed E-state index contributed by atoms with van der Waals surface area (Å²) in [5.41, 5.74) is 0.412. The molecule has 0 aromatic carbocycles. The van der Waals surface area contributed by atoms with Crippen molar-refractivity contribution < 1.29 is 4.79 Å². The Morgan fingerprint density at radius 2 is 2.14 bits per heavy atom. The first-order chi connectivity index (χ1) is 10.3. The molecule has 1 amide bonds. The number of amides is 1. The highest BCUT2D eigenvalue weighted by Crippen LogP contribution is 2.19. The van der Waals surface area contributed by atoms with Crippen molar-refractivity contribution in [2.45, 2.75) is 6.54 Å². The molecule has 3 aromatic rings. The Morgan fingerprint density at radius 3 is 2.90 bits per heavy atom. The highest BCUT2D eigenvalue weighted by molar-refractivity contribution is 7.14. The van der Waals surface area contributed by atoms with Crippen molar-refractivity contribution in [3.05, 3.63) is 57.9 Å². The van der Waals surface area contributed by atoms with E-state index in [0.717, 1.165) is 4.88 Å². The van der Waals surface area contributed by atoms with Gasteiger partial charge in [-0.15, -0.1) is 22.7 Å². The van der Waals surface area contributed by atoms with Crippen molar-refractivity contribution in [1.82, 2.24) is 15.3 Å². The van der Waals surface area contributed by atoms with Crippen molar-refractivity contribution in [2.75, 3.05) is 5.32 Å². The molecule has 0 atom stereocenters. The second-order valence-electron chi connectivity index (χ2n) is 4.14. The highest BCUT2D eigenvalue weighted by Gasteiger charge is 2.11. The Morgan fingerprint density at radius 1 is 1.19 bits per heavy atom. The second kappa shape index (κ2) is 6.47. The SMILES string of the molecule is O=C(NCc1cccs1)c1csc(Nc2ccccn2)n1. The lowest BCUT2D eigenvalue weighted by molar-refractivity contribution is 0.0947. The summed E-state index contributed by atoms with van der Waals surface area (Å²) < 4.78 is 0. The minimum atomic E-state index is -0.172. The van der Waals surface area contributed by atoms with Gasteiger partial charge in [-0.3, -0.25) is 4.79 Å². The molecule has 3 rings (SSSR count). The lowest BCUT2D eigenvalue weighted by Crippen LogP contribution is -2.22. The van der Waals surface area contributed by atoms with Crippen LogP contribution in [0.1, 0.15) is 15.4 Å². The Hall–Kier alpha value is -2.25. The minimum absolute atomic E-state index is 0.172. The third-order valence-electron chi connectivity index (χ3n) is 2.64. The number of rotatable bonds is 5. The van der Waals surface area contributed by atoms with E-state index in [1.54, 1.807) is 22.9 Å². The van der Waals surface area contributed by atoms with E-state index in [0.29, 0.717) is 23.2 Å². The molecular formula is C14H12N4OS2. The molecular weight excluding hydrogens is 304 g/mol.